The fourth-order valence-electron chi connectivity index (χ4n) is 5.47. The van der Waals surface area contributed by atoms with E-state index in [4.69, 9.17) is 34.8 Å². The molecule has 3 aromatic rings. The number of nitrogens with one attached hydrogen (secondary N) is 3. The first-order valence-corrected chi connectivity index (χ1v) is 15.8. The van der Waals surface area contributed by atoms with E-state index < -0.39 is 45.4 Å². The van der Waals surface area contributed by atoms with Gasteiger partial charge in [-0.2, -0.15) is 0 Å². The Morgan fingerprint density at radius 1 is 1.07 bits per heavy atom. The van der Waals surface area contributed by atoms with Crippen LogP contribution in [0.25, 0.3) is 10.9 Å². The highest BCUT2D eigenvalue weighted by atomic mass is 35.5. The second-order valence-electron chi connectivity index (χ2n) is 11.9. The number of aromatic amines is 1. The van der Waals surface area contributed by atoms with E-state index in [1.165, 1.54) is 18.2 Å². The summed E-state index contributed by atoms with van der Waals surface area (Å²) in [5, 5.41) is 4.43. The lowest BCUT2D eigenvalue weighted by Crippen LogP contribution is -2.89. The van der Waals surface area contributed by atoms with Crippen LogP contribution in [0, 0.1) is 5.41 Å². The molecule has 14 heteroatoms. The number of carbonyl (C=O) groups excluding carboxylic acids is 3. The normalized spacial score (nSPS) is 20.9. The summed E-state index contributed by atoms with van der Waals surface area (Å²) in [4.78, 5) is 45.9. The van der Waals surface area contributed by atoms with Gasteiger partial charge in [0, 0.05) is 34.0 Å². The van der Waals surface area contributed by atoms with Crippen LogP contribution in [-0.4, -0.2) is 78.2 Å². The Morgan fingerprint density at radius 2 is 1.74 bits per heavy atom. The highest BCUT2D eigenvalue weighted by Crippen LogP contribution is 2.45. The van der Waals surface area contributed by atoms with Crippen molar-refractivity contribution in [2.75, 3.05) is 19.6 Å². The summed E-state index contributed by atoms with van der Waals surface area (Å²) in [5.74, 6) is -1.10. The van der Waals surface area contributed by atoms with E-state index in [0.717, 1.165) is 5.39 Å². The van der Waals surface area contributed by atoms with E-state index in [1.54, 1.807) is 34.1 Å². The van der Waals surface area contributed by atoms with Gasteiger partial charge in [-0.1, -0.05) is 61.6 Å². The van der Waals surface area contributed by atoms with Crippen LogP contribution in [0.5, 0.6) is 0 Å². The van der Waals surface area contributed by atoms with E-state index in [-0.39, 0.29) is 40.0 Å². The maximum absolute atomic E-state index is 13.8. The smallest absolute Gasteiger partial charge is 0.268 e. The molecule has 0 aliphatic carbocycles. The molecule has 0 spiro atoms. The Balaban J connectivity index is 1.22. The van der Waals surface area contributed by atoms with Gasteiger partial charge in [-0.3, -0.25) is 14.4 Å². The van der Waals surface area contributed by atoms with Crippen LogP contribution < -0.4 is 10.0 Å². The summed E-state index contributed by atoms with van der Waals surface area (Å²) in [7, 11) is -4.08. The Kier molecular flexibility index (Phi) is 7.81. The van der Waals surface area contributed by atoms with Crippen molar-refractivity contribution in [3.63, 3.8) is 0 Å². The summed E-state index contributed by atoms with van der Waals surface area (Å²) >= 11 is 18.0. The van der Waals surface area contributed by atoms with Gasteiger partial charge < -0.3 is 20.1 Å². The molecule has 0 saturated carbocycles. The van der Waals surface area contributed by atoms with E-state index in [0.29, 0.717) is 16.2 Å². The highest BCUT2D eigenvalue weighted by Gasteiger charge is 2.65. The van der Waals surface area contributed by atoms with Crippen molar-refractivity contribution in [1.82, 2.24) is 24.8 Å². The van der Waals surface area contributed by atoms with Crippen molar-refractivity contribution in [2.45, 2.75) is 50.2 Å². The molecule has 1 aromatic heterocycles. The van der Waals surface area contributed by atoms with Crippen LogP contribution in [-0.2, 0) is 19.6 Å². The fourth-order valence-corrected chi connectivity index (χ4v) is 7.38. The molecule has 224 valence electrons. The standard InChI is InChI=1S/C28H30Cl3N5O5S/c1-27(2,3)24(34-25(38)20-9-15-5-6-16(29)10-19(15)33-20)26(39)36-13-22-28(36,4)14-35(22)23(37)12-32-42(40,41)21-11-17(30)7-8-18(21)31/h5-11,22,24,32-33H,12-14H2,1-4H3,(H,34,38)/t22-,24?,28?/m1/s1. The average molecular weight is 655 g/mol. The van der Waals surface area contributed by atoms with Gasteiger partial charge in [0.15, 0.2) is 0 Å². The second kappa shape index (κ2) is 10.7. The summed E-state index contributed by atoms with van der Waals surface area (Å²) < 4.78 is 27.7. The predicted octanol–water partition coefficient (Wildman–Crippen LogP) is 4.06. The van der Waals surface area contributed by atoms with E-state index in [9.17, 15) is 22.8 Å². The van der Waals surface area contributed by atoms with Crippen molar-refractivity contribution in [3.8, 4) is 0 Å². The van der Waals surface area contributed by atoms with Gasteiger partial charge in [-0.05, 0) is 48.7 Å². The van der Waals surface area contributed by atoms with Gasteiger partial charge in [0.1, 0.15) is 16.6 Å². The molecule has 2 aliphatic heterocycles. The fraction of sp³-hybridized carbons (Fsp3) is 0.393. The second-order valence-corrected chi connectivity index (χ2v) is 14.9. The Morgan fingerprint density at radius 3 is 2.38 bits per heavy atom. The number of H-pyrrole nitrogens is 1. The van der Waals surface area contributed by atoms with Crippen LogP contribution in [0.4, 0.5) is 0 Å². The van der Waals surface area contributed by atoms with E-state index >= 15 is 0 Å². The molecule has 3 atom stereocenters. The van der Waals surface area contributed by atoms with Gasteiger partial charge in [-0.25, -0.2) is 13.1 Å². The number of carbonyl (C=O) groups is 3. The molecule has 2 aromatic carbocycles. The number of rotatable bonds is 7. The quantitative estimate of drug-likeness (QED) is 0.354. The zero-order chi connectivity index (χ0) is 30.8. The van der Waals surface area contributed by atoms with Crippen molar-refractivity contribution >= 4 is 73.5 Å². The zero-order valence-electron chi connectivity index (χ0n) is 23.3. The first-order chi connectivity index (χ1) is 19.5. The third kappa shape index (κ3) is 5.48. The Hall–Kier alpha value is -2.83. The van der Waals surface area contributed by atoms with Gasteiger partial charge >= 0.3 is 0 Å². The third-order valence-corrected chi connectivity index (χ3v) is 10.3. The number of hydrogen-bond acceptors (Lipinski definition) is 5. The highest BCUT2D eigenvalue weighted by molar-refractivity contribution is 7.89. The largest absolute Gasteiger partial charge is 0.350 e. The summed E-state index contributed by atoms with van der Waals surface area (Å²) in [6, 6.07) is 9.90. The summed E-state index contributed by atoms with van der Waals surface area (Å²) in [5.41, 5.74) is -0.220. The Labute approximate surface area is 258 Å². The number of amides is 3. The topological polar surface area (TPSA) is 132 Å². The van der Waals surface area contributed by atoms with Gasteiger partial charge in [0.2, 0.25) is 21.8 Å². The number of aromatic nitrogens is 1. The van der Waals surface area contributed by atoms with Gasteiger partial charge in [-0.15, -0.1) is 0 Å². The average Bonchev–Trinajstić information content (AvgIpc) is 3.33. The van der Waals surface area contributed by atoms with Crippen molar-refractivity contribution < 1.29 is 22.8 Å². The summed E-state index contributed by atoms with van der Waals surface area (Å²) in [6.45, 7) is 7.51. The number of hydrogen-bond donors (Lipinski definition) is 3. The van der Waals surface area contributed by atoms with Crippen molar-refractivity contribution in [2.24, 2.45) is 5.41 Å². The molecule has 0 bridgehead atoms. The minimum Gasteiger partial charge on any atom is -0.350 e. The zero-order valence-corrected chi connectivity index (χ0v) is 26.4. The monoisotopic (exact) mass is 653 g/mol. The van der Waals surface area contributed by atoms with Crippen molar-refractivity contribution in [1.29, 1.82) is 0 Å². The first-order valence-electron chi connectivity index (χ1n) is 13.2. The molecule has 0 radical (unpaired) electrons. The number of nitrogens with zero attached hydrogens (tertiary/aromatic N) is 2. The lowest BCUT2D eigenvalue weighted by Gasteiger charge is -2.69. The molecule has 2 aliphatic rings. The van der Waals surface area contributed by atoms with Crippen molar-refractivity contribution in [3.05, 3.63) is 63.2 Å². The van der Waals surface area contributed by atoms with E-state index in [2.05, 4.69) is 15.0 Å². The number of benzene rings is 2. The molecule has 3 N–H and O–H groups in total. The van der Waals surface area contributed by atoms with Gasteiger partial charge in [0.25, 0.3) is 5.91 Å². The minimum atomic E-state index is -4.08. The van der Waals surface area contributed by atoms with Crippen LogP contribution >= 0.6 is 34.8 Å². The SMILES string of the molecule is CC(C)(C)C(NC(=O)c1cc2ccc(Cl)cc2[nH]1)C(=O)N1C[C@H]2N(C(=O)CNS(=O)(=O)c3cc(Cl)ccc3Cl)CC21C. The van der Waals surface area contributed by atoms with Crippen LogP contribution in [0.2, 0.25) is 15.1 Å². The van der Waals surface area contributed by atoms with Gasteiger partial charge in [0.05, 0.1) is 23.1 Å². The molecule has 5 rings (SSSR count). The molecular weight excluding hydrogens is 625 g/mol. The van der Waals surface area contributed by atoms with E-state index in [1.807, 2.05) is 27.7 Å². The third-order valence-electron chi connectivity index (χ3n) is 7.96. The predicted molar refractivity (Wildman–Crippen MR) is 161 cm³/mol. The number of fused-ring (bicyclic) bond motifs is 2. The molecule has 3 amide bonds. The van der Waals surface area contributed by atoms with Crippen LogP contribution in [0.15, 0.2) is 47.4 Å². The summed E-state index contributed by atoms with van der Waals surface area (Å²) in [6.07, 6.45) is 0. The number of halogens is 3. The molecular formula is C28H30Cl3N5O5S. The number of likely N-dealkylation sites (tertiary alicyclic amines) is 2. The maximum atomic E-state index is 13.8. The molecule has 2 unspecified atom stereocenters. The molecule has 42 heavy (non-hydrogen) atoms. The van der Waals surface area contributed by atoms with Crippen LogP contribution in [0.1, 0.15) is 38.2 Å². The lowest BCUT2D eigenvalue weighted by molar-refractivity contribution is -0.206. The molecule has 2 saturated heterocycles. The molecule has 2 fully saturated rings. The molecule has 3 heterocycles. The van der Waals surface area contributed by atoms with Crippen LogP contribution in [0.3, 0.4) is 0 Å². The number of sulfonamides is 1. The first kappa shape index (κ1) is 30.6. The maximum Gasteiger partial charge on any atom is 0.268 e. The number of piperazine rings is 1. The Bertz CT molecular complexity index is 1720. The molecule has 10 nitrogen and oxygen atoms in total. The minimum absolute atomic E-state index is 0.0153. The lowest BCUT2D eigenvalue weighted by atomic mass is 9.70.